The third kappa shape index (κ3) is 19.2. The molecule has 0 aromatic heterocycles. The van der Waals surface area contributed by atoms with Gasteiger partial charge in [-0.1, -0.05) is 0 Å². The Bertz CT molecular complexity index is 11.6. The Hall–Kier alpha value is 3.12. The predicted octanol–water partition coefficient (Wildman–Crippen LogP) is -1.15. The van der Waals surface area contributed by atoms with Gasteiger partial charge in [-0.05, 0) is 0 Å². The molecule has 0 spiro atoms. The molecule has 0 amide bonds. The second kappa shape index (κ2) is 27.4. The second-order valence-electron chi connectivity index (χ2n) is 0. The van der Waals surface area contributed by atoms with Crippen LogP contribution in [0.3, 0.4) is 0 Å². The molecule has 0 fully saturated rings. The van der Waals surface area contributed by atoms with Crippen LogP contribution >= 0.6 is 0 Å². The van der Waals surface area contributed by atoms with Crippen LogP contribution in [0.2, 0.25) is 0 Å². The van der Waals surface area contributed by atoms with Crippen molar-refractivity contribution in [3.8, 4) is 0 Å². The third-order valence-electron chi connectivity index (χ3n) is 0. The molecule has 0 aliphatic heterocycles. The second-order valence-corrected chi connectivity index (χ2v) is 0. The van der Waals surface area contributed by atoms with Gasteiger partial charge in [-0.25, -0.2) is 0 Å². The van der Waals surface area contributed by atoms with Gasteiger partial charge in [-0.2, -0.15) is 0 Å². The maximum absolute atomic E-state index is 0. The molecule has 0 unspecified atom stereocenters. The van der Waals surface area contributed by atoms with Crippen LogP contribution in [0.4, 0.5) is 0 Å². The van der Waals surface area contributed by atoms with E-state index >= 15 is 0 Å². The third-order valence-corrected chi connectivity index (χ3v) is 0. The van der Waals surface area contributed by atoms with Crippen molar-refractivity contribution in [1.29, 1.82) is 0 Å². The summed E-state index contributed by atoms with van der Waals surface area (Å²) in [6, 6.07) is 0. The normalized spacial score (nSPS) is 0. The Morgan fingerprint density at radius 2 is 1.00 bits per heavy atom. The van der Waals surface area contributed by atoms with Crippen LogP contribution in [0.15, 0.2) is 0 Å². The predicted molar refractivity (Wildman–Crippen MR) is 17.3 cm³/mol. The minimum atomic E-state index is 0. The summed E-state index contributed by atoms with van der Waals surface area (Å²) in [5.74, 6) is 0. The molecule has 21 valence electrons. The first-order valence-electron chi connectivity index (χ1n) is 0. The first-order valence-corrected chi connectivity index (χ1v) is 0. The van der Waals surface area contributed by atoms with E-state index in [4.69, 9.17) is 0 Å². The molecular weight excluding hydrogens is 361 g/mol. The van der Waals surface area contributed by atoms with E-state index in [2.05, 4.69) is 0 Å². The topological polar surface area (TPSA) is 0 Å². The van der Waals surface area contributed by atoms with E-state index in [1.807, 2.05) is 0 Å². The van der Waals surface area contributed by atoms with Gasteiger partial charge in [0.2, 0.25) is 0 Å². The van der Waals surface area contributed by atoms with Crippen LogP contribution in [0.5, 0.6) is 0 Å². The fraction of sp³-hybridized carbons (Fsp3) is 0. The van der Waals surface area contributed by atoms with Crippen molar-refractivity contribution in [3.05, 3.63) is 0 Å². The summed E-state index contributed by atoms with van der Waals surface area (Å²) in [5, 5.41) is 0. The first kappa shape index (κ1) is 42.3. The molecule has 5 heteroatoms. The maximum Gasteiger partial charge on any atom is 0 e. The molecule has 5 heavy (non-hydrogen) atoms. The average Bonchev–Trinajstić information content (AvgIpc) is 0. The number of rotatable bonds is 0. The van der Waals surface area contributed by atoms with Crippen molar-refractivity contribution in [1.82, 2.24) is 0 Å². The molecule has 0 aliphatic rings. The molecule has 0 aliphatic carbocycles. The summed E-state index contributed by atoms with van der Waals surface area (Å²) in [4.78, 5) is 0. The zero-order chi connectivity index (χ0) is 0. The fourth-order valence-electron chi connectivity index (χ4n) is 0. The number of hydrogen-bond acceptors (Lipinski definition) is 0. The van der Waals surface area contributed by atoms with Gasteiger partial charge >= 0.3 is 0 Å². The summed E-state index contributed by atoms with van der Waals surface area (Å²) >= 11 is 0. The molecule has 0 rings (SSSR count). The molecule has 0 saturated carbocycles. The van der Waals surface area contributed by atoms with Crippen LogP contribution in [0.25, 0.3) is 0 Å². The first-order chi connectivity index (χ1) is 0. The molecule has 0 heterocycles. The van der Waals surface area contributed by atoms with Gasteiger partial charge in [-0.15, -0.1) is 0 Å². The van der Waals surface area contributed by atoms with Gasteiger partial charge in [0.05, 0.1) is 0 Å². The zero-order valence-corrected chi connectivity index (χ0v) is 12.0. The molecule has 0 saturated heterocycles. The van der Waals surface area contributed by atoms with E-state index in [0.717, 1.165) is 0 Å². The quantitative estimate of drug-likeness (QED) is 0.479. The molecule has 0 aromatic rings. The monoisotopic (exact) mass is 363 g/mol. The van der Waals surface area contributed by atoms with Gasteiger partial charge in [0.1, 0.15) is 0 Å². The summed E-state index contributed by atoms with van der Waals surface area (Å²) in [7, 11) is 0. The summed E-state index contributed by atoms with van der Waals surface area (Å²) in [6.07, 6.45) is 0. The van der Waals surface area contributed by atoms with Crippen molar-refractivity contribution in [3.63, 3.8) is 0 Å². The molecular formula is AlMoSiSnZr. The summed E-state index contributed by atoms with van der Waals surface area (Å²) < 4.78 is 0. The van der Waals surface area contributed by atoms with Crippen LogP contribution in [0.1, 0.15) is 0 Å². The van der Waals surface area contributed by atoms with Crippen LogP contribution in [-0.2, 0) is 47.3 Å². The number of hydrogen-bond donors (Lipinski definition) is 0. The van der Waals surface area contributed by atoms with E-state index in [-0.39, 0.29) is 99.5 Å². The van der Waals surface area contributed by atoms with Crippen LogP contribution < -0.4 is 0 Å². The molecule has 0 bridgehead atoms. The smallest absolute Gasteiger partial charge is 0 e. The van der Waals surface area contributed by atoms with E-state index in [1.54, 1.807) is 0 Å². The van der Waals surface area contributed by atoms with Gasteiger partial charge < -0.3 is 0 Å². The van der Waals surface area contributed by atoms with Gasteiger partial charge in [0.15, 0.2) is 0 Å². The van der Waals surface area contributed by atoms with Crippen molar-refractivity contribution >= 4 is 52.2 Å². The molecule has 0 aromatic carbocycles. The van der Waals surface area contributed by atoms with Crippen molar-refractivity contribution < 1.29 is 47.3 Å². The van der Waals surface area contributed by atoms with E-state index < -0.39 is 0 Å². The van der Waals surface area contributed by atoms with E-state index in [9.17, 15) is 0 Å². The fourth-order valence-corrected chi connectivity index (χ4v) is 0. The van der Waals surface area contributed by atoms with Gasteiger partial charge in [0, 0.05) is 99.5 Å². The van der Waals surface area contributed by atoms with Crippen LogP contribution in [-0.4, -0.2) is 52.2 Å². The molecule has 11 radical (unpaired) electrons. The maximum atomic E-state index is 0. The van der Waals surface area contributed by atoms with Crippen molar-refractivity contribution in [2.45, 2.75) is 0 Å². The minimum Gasteiger partial charge on any atom is 0 e. The van der Waals surface area contributed by atoms with Gasteiger partial charge in [-0.3, -0.25) is 0 Å². The van der Waals surface area contributed by atoms with Crippen molar-refractivity contribution in [2.24, 2.45) is 0 Å². The Balaban J connectivity index is 0. The Morgan fingerprint density at radius 1 is 1.00 bits per heavy atom. The van der Waals surface area contributed by atoms with Crippen LogP contribution in [0, 0.1) is 0 Å². The van der Waals surface area contributed by atoms with Crippen molar-refractivity contribution in [2.75, 3.05) is 0 Å². The Labute approximate surface area is 97.7 Å². The van der Waals surface area contributed by atoms with E-state index in [0.29, 0.717) is 0 Å². The Morgan fingerprint density at radius 3 is 1.00 bits per heavy atom. The SMILES string of the molecule is [Al].[Mo].[Si].[Sn].[Zr]. The average molecular weight is 361 g/mol. The minimum absolute atomic E-state index is 0. The van der Waals surface area contributed by atoms with Gasteiger partial charge in [0.25, 0.3) is 0 Å². The summed E-state index contributed by atoms with van der Waals surface area (Å²) in [6.45, 7) is 0. The molecule has 0 atom stereocenters. The zero-order valence-electron chi connectivity index (χ0n) is 2.49. The summed E-state index contributed by atoms with van der Waals surface area (Å²) in [5.41, 5.74) is 0. The van der Waals surface area contributed by atoms with E-state index in [1.165, 1.54) is 0 Å². The standard InChI is InChI=1S/Al.Mo.Si.Sn.Zr. The largest absolute Gasteiger partial charge is 0 e. The molecule has 0 N–H and O–H groups in total. The Kier molecular flexibility index (Phi) is 232. The molecule has 0 nitrogen and oxygen atoms in total.